The van der Waals surface area contributed by atoms with E-state index in [-0.39, 0.29) is 5.76 Å². The Labute approximate surface area is 144 Å². The first-order valence-electron chi connectivity index (χ1n) is 8.41. The van der Waals surface area contributed by atoms with Gasteiger partial charge < -0.3 is 9.73 Å². The van der Waals surface area contributed by atoms with Crippen LogP contribution in [0.4, 0.5) is 8.78 Å². The van der Waals surface area contributed by atoms with Gasteiger partial charge in [-0.2, -0.15) is 5.10 Å². The third-order valence-corrected chi connectivity index (χ3v) is 4.33. The second-order valence-electron chi connectivity index (χ2n) is 6.33. The molecule has 0 atom stereocenters. The van der Waals surface area contributed by atoms with E-state index < -0.39 is 6.43 Å². The number of benzene rings is 1. The largest absolute Gasteiger partial charge is 0.459 e. The molecule has 0 unspecified atom stereocenters. The summed E-state index contributed by atoms with van der Waals surface area (Å²) in [5, 5.41) is 7.81. The molecule has 0 radical (unpaired) electrons. The minimum Gasteiger partial charge on any atom is -0.459 e. The lowest BCUT2D eigenvalue weighted by atomic mass is 10.2. The maximum Gasteiger partial charge on any atom is 0.295 e. The van der Waals surface area contributed by atoms with E-state index in [0.717, 1.165) is 11.3 Å². The second kappa shape index (κ2) is 6.80. The van der Waals surface area contributed by atoms with Crippen molar-refractivity contribution < 1.29 is 13.2 Å². The van der Waals surface area contributed by atoms with E-state index in [4.69, 9.17) is 4.42 Å². The van der Waals surface area contributed by atoms with Crippen LogP contribution in [0, 0.1) is 0 Å². The van der Waals surface area contributed by atoms with Gasteiger partial charge in [0.1, 0.15) is 5.76 Å². The minimum absolute atomic E-state index is 0.286. The van der Waals surface area contributed by atoms with Gasteiger partial charge in [-0.3, -0.25) is 0 Å². The molecule has 2 heterocycles. The van der Waals surface area contributed by atoms with Gasteiger partial charge >= 0.3 is 0 Å². The molecule has 6 heteroatoms. The van der Waals surface area contributed by atoms with Crippen LogP contribution in [0.3, 0.4) is 0 Å². The molecule has 1 aliphatic rings. The van der Waals surface area contributed by atoms with Gasteiger partial charge in [0.2, 0.25) is 0 Å². The molecule has 130 valence electrons. The van der Waals surface area contributed by atoms with Crippen molar-refractivity contribution in [3.05, 3.63) is 71.4 Å². The Balaban J connectivity index is 1.32. The lowest BCUT2D eigenvalue weighted by molar-refractivity contribution is 0.119. The quantitative estimate of drug-likeness (QED) is 0.683. The minimum atomic E-state index is -2.57. The number of hydrogen-bond donors (Lipinski definition) is 1. The van der Waals surface area contributed by atoms with Crippen LogP contribution in [-0.4, -0.2) is 9.78 Å². The molecule has 0 saturated heterocycles. The van der Waals surface area contributed by atoms with Crippen LogP contribution < -0.4 is 5.32 Å². The topological polar surface area (TPSA) is 43.0 Å². The molecule has 4 rings (SSSR count). The van der Waals surface area contributed by atoms with Crippen LogP contribution in [0.2, 0.25) is 0 Å². The molecular weight excluding hydrogens is 324 g/mol. The molecule has 0 amide bonds. The average Bonchev–Trinajstić information content (AvgIpc) is 3.16. The van der Waals surface area contributed by atoms with Gasteiger partial charge in [0.05, 0.1) is 17.9 Å². The smallest absolute Gasteiger partial charge is 0.295 e. The van der Waals surface area contributed by atoms with E-state index in [2.05, 4.69) is 16.5 Å². The molecule has 1 aliphatic carbocycles. The molecule has 0 aliphatic heterocycles. The van der Waals surface area contributed by atoms with Crippen molar-refractivity contribution in [2.24, 2.45) is 0 Å². The highest BCUT2D eigenvalue weighted by atomic mass is 19.3. The molecule has 3 aromatic rings. The van der Waals surface area contributed by atoms with Crippen LogP contribution in [0.5, 0.6) is 0 Å². The molecule has 25 heavy (non-hydrogen) atoms. The van der Waals surface area contributed by atoms with Gasteiger partial charge in [-0.05, 0) is 48.7 Å². The summed E-state index contributed by atoms with van der Waals surface area (Å²) >= 11 is 0. The van der Waals surface area contributed by atoms with E-state index >= 15 is 0 Å². The highest BCUT2D eigenvalue weighted by Gasteiger charge is 2.25. The lowest BCUT2D eigenvalue weighted by Crippen LogP contribution is -2.12. The van der Waals surface area contributed by atoms with Crippen LogP contribution >= 0.6 is 0 Å². The molecule has 2 aromatic heterocycles. The third kappa shape index (κ3) is 3.79. The predicted octanol–water partition coefficient (Wildman–Crippen LogP) is 4.57. The fourth-order valence-corrected chi connectivity index (χ4v) is 2.78. The molecular formula is C19H19F2N3O. The highest BCUT2D eigenvalue weighted by Crippen LogP contribution is 2.39. The van der Waals surface area contributed by atoms with Crippen molar-refractivity contribution in [2.75, 3.05) is 0 Å². The van der Waals surface area contributed by atoms with Crippen molar-refractivity contribution in [3.63, 3.8) is 0 Å². The Hall–Kier alpha value is -2.47. The molecule has 0 spiro atoms. The molecule has 4 nitrogen and oxygen atoms in total. The Morgan fingerprint density at radius 1 is 1.08 bits per heavy atom. The Morgan fingerprint density at radius 3 is 2.56 bits per heavy atom. The van der Waals surface area contributed by atoms with E-state index in [1.165, 1.54) is 24.6 Å². The predicted molar refractivity (Wildman–Crippen MR) is 89.7 cm³/mol. The van der Waals surface area contributed by atoms with Crippen LogP contribution in [0.1, 0.15) is 48.0 Å². The first-order chi connectivity index (χ1) is 12.2. The van der Waals surface area contributed by atoms with Gasteiger partial charge in [-0.15, -0.1) is 0 Å². The van der Waals surface area contributed by atoms with Crippen LogP contribution in [-0.2, 0) is 13.1 Å². The monoisotopic (exact) mass is 343 g/mol. The number of furan rings is 1. The molecule has 1 saturated carbocycles. The van der Waals surface area contributed by atoms with Crippen molar-refractivity contribution in [3.8, 4) is 5.69 Å². The molecule has 0 bridgehead atoms. The van der Waals surface area contributed by atoms with Crippen LogP contribution in [0.15, 0.2) is 53.1 Å². The van der Waals surface area contributed by atoms with E-state index in [1.807, 2.05) is 35.1 Å². The number of nitrogens with zero attached hydrogens (tertiary/aromatic N) is 2. The van der Waals surface area contributed by atoms with Crippen molar-refractivity contribution in [1.29, 1.82) is 0 Å². The normalized spacial score (nSPS) is 14.4. The first-order valence-corrected chi connectivity index (χ1v) is 8.41. The van der Waals surface area contributed by atoms with E-state index in [0.29, 0.717) is 24.8 Å². The summed E-state index contributed by atoms with van der Waals surface area (Å²) in [6.45, 7) is 1.05. The molecule has 1 N–H and O–H groups in total. The van der Waals surface area contributed by atoms with Gasteiger partial charge in [0, 0.05) is 18.7 Å². The fourth-order valence-electron chi connectivity index (χ4n) is 2.78. The Bertz CT molecular complexity index is 834. The number of alkyl halides is 2. The summed E-state index contributed by atoms with van der Waals surface area (Å²) < 4.78 is 31.9. The number of rotatable bonds is 7. The van der Waals surface area contributed by atoms with E-state index in [1.54, 1.807) is 6.07 Å². The Morgan fingerprint density at radius 2 is 1.88 bits per heavy atom. The number of halogens is 2. The van der Waals surface area contributed by atoms with Gasteiger partial charge in [-0.25, -0.2) is 13.5 Å². The van der Waals surface area contributed by atoms with Crippen molar-refractivity contribution >= 4 is 0 Å². The van der Waals surface area contributed by atoms with Crippen LogP contribution in [0.25, 0.3) is 5.69 Å². The zero-order chi connectivity index (χ0) is 17.2. The third-order valence-electron chi connectivity index (χ3n) is 4.33. The summed E-state index contributed by atoms with van der Waals surface area (Å²) in [5.74, 6) is 0.874. The SMILES string of the molecule is FC(F)c1ccc(CNCc2ccc(-n3ccc(C4CC4)n3)cc2)o1. The zero-order valence-corrected chi connectivity index (χ0v) is 13.7. The maximum absolute atomic E-state index is 12.5. The van der Waals surface area contributed by atoms with Gasteiger partial charge in [0.15, 0.2) is 5.76 Å². The standard InChI is InChI=1S/C19H19F2N3O/c20-19(21)18-8-7-16(25-18)12-22-11-13-1-5-15(6-2-13)24-10-9-17(23-24)14-3-4-14/h1-2,5-10,14,19,22H,3-4,11-12H2. The molecule has 1 aromatic carbocycles. The fraction of sp³-hybridized carbons (Fsp3) is 0.316. The lowest BCUT2D eigenvalue weighted by Gasteiger charge is -2.06. The first kappa shape index (κ1) is 16.0. The number of aromatic nitrogens is 2. The van der Waals surface area contributed by atoms with Crippen molar-refractivity contribution in [2.45, 2.75) is 38.3 Å². The highest BCUT2D eigenvalue weighted by molar-refractivity contribution is 5.34. The number of nitrogens with one attached hydrogen (secondary N) is 1. The summed E-state index contributed by atoms with van der Waals surface area (Å²) in [7, 11) is 0. The maximum atomic E-state index is 12.5. The van der Waals surface area contributed by atoms with E-state index in [9.17, 15) is 8.78 Å². The average molecular weight is 343 g/mol. The summed E-state index contributed by atoms with van der Waals surface area (Å²) in [6.07, 6.45) is 1.92. The van der Waals surface area contributed by atoms with Crippen molar-refractivity contribution in [1.82, 2.24) is 15.1 Å². The summed E-state index contributed by atoms with van der Waals surface area (Å²) in [4.78, 5) is 0. The second-order valence-corrected chi connectivity index (χ2v) is 6.33. The van der Waals surface area contributed by atoms with Gasteiger partial charge in [-0.1, -0.05) is 12.1 Å². The summed E-state index contributed by atoms with van der Waals surface area (Å²) in [5.41, 5.74) is 3.31. The summed E-state index contributed by atoms with van der Waals surface area (Å²) in [6, 6.07) is 13.1. The Kier molecular flexibility index (Phi) is 4.36. The number of hydrogen-bond acceptors (Lipinski definition) is 3. The zero-order valence-electron chi connectivity index (χ0n) is 13.7. The van der Waals surface area contributed by atoms with Gasteiger partial charge in [0.25, 0.3) is 6.43 Å². The molecule has 1 fully saturated rings.